The molecule has 0 aliphatic rings. The zero-order chi connectivity index (χ0) is 14.7. The molecule has 0 bridgehead atoms. The van der Waals surface area contributed by atoms with Crippen LogP contribution >= 0.6 is 0 Å². The molecule has 0 atom stereocenters. The van der Waals surface area contributed by atoms with E-state index in [1.165, 1.54) is 0 Å². The Labute approximate surface area is 116 Å². The van der Waals surface area contributed by atoms with Gasteiger partial charge in [-0.3, -0.25) is 4.98 Å². The molecule has 0 N–H and O–H groups in total. The lowest BCUT2D eigenvalue weighted by molar-refractivity contribution is 0.587. The summed E-state index contributed by atoms with van der Waals surface area (Å²) in [6, 6.07) is 1.89. The predicted molar refractivity (Wildman–Crippen MR) is 76.4 cm³/mol. The molecule has 6 nitrogen and oxygen atoms in total. The number of benzene rings is 1. The van der Waals surface area contributed by atoms with E-state index < -0.39 is 9.84 Å². The van der Waals surface area contributed by atoms with E-state index in [-0.39, 0.29) is 5.16 Å². The van der Waals surface area contributed by atoms with Gasteiger partial charge in [-0.25, -0.2) is 18.4 Å². The average Bonchev–Trinajstić information content (AvgIpc) is 2.67. The zero-order valence-corrected chi connectivity index (χ0v) is 12.5. The summed E-state index contributed by atoms with van der Waals surface area (Å²) in [4.78, 5) is 13.1. The third-order valence-corrected chi connectivity index (χ3v) is 4.30. The van der Waals surface area contributed by atoms with E-state index in [1.54, 1.807) is 17.8 Å². The molecule has 2 aromatic heterocycles. The van der Waals surface area contributed by atoms with Crippen molar-refractivity contribution in [2.45, 2.75) is 19.0 Å². The predicted octanol–water partition coefficient (Wildman–Crippen LogP) is 1.54. The fourth-order valence-electron chi connectivity index (χ4n) is 2.37. The minimum absolute atomic E-state index is 0.0442. The van der Waals surface area contributed by atoms with E-state index in [0.29, 0.717) is 11.0 Å². The van der Waals surface area contributed by atoms with Gasteiger partial charge in [-0.2, -0.15) is 0 Å². The molecule has 7 heteroatoms. The van der Waals surface area contributed by atoms with Gasteiger partial charge < -0.3 is 4.57 Å². The van der Waals surface area contributed by atoms with E-state index in [4.69, 9.17) is 0 Å². The number of fused-ring (bicyclic) bond motifs is 3. The maximum Gasteiger partial charge on any atom is 0.228 e. The maximum absolute atomic E-state index is 11.8. The van der Waals surface area contributed by atoms with E-state index in [1.807, 2.05) is 19.9 Å². The highest BCUT2D eigenvalue weighted by Crippen LogP contribution is 2.27. The molecule has 2 heterocycles. The number of hydrogen-bond donors (Lipinski definition) is 0. The van der Waals surface area contributed by atoms with Crippen LogP contribution in [0.4, 0.5) is 0 Å². The highest BCUT2D eigenvalue weighted by atomic mass is 32.2. The van der Waals surface area contributed by atoms with E-state index >= 15 is 0 Å². The Balaban J connectivity index is 2.58. The van der Waals surface area contributed by atoms with Crippen LogP contribution in [0.2, 0.25) is 0 Å². The topological polar surface area (TPSA) is 77.7 Å². The van der Waals surface area contributed by atoms with Crippen LogP contribution in [0, 0.1) is 13.8 Å². The summed E-state index contributed by atoms with van der Waals surface area (Å²) in [5.41, 5.74) is 4.44. The summed E-state index contributed by atoms with van der Waals surface area (Å²) in [5.74, 6) is 0. The first-order valence-electron chi connectivity index (χ1n) is 6.08. The van der Waals surface area contributed by atoms with Crippen LogP contribution in [0.25, 0.3) is 22.1 Å². The molecular formula is C13H14N4O2S. The summed E-state index contributed by atoms with van der Waals surface area (Å²) in [5, 5.41) is 0.0442. The smallest absolute Gasteiger partial charge is 0.228 e. The van der Waals surface area contributed by atoms with Crippen molar-refractivity contribution in [1.82, 2.24) is 19.5 Å². The molecule has 0 unspecified atom stereocenters. The molecule has 0 amide bonds. The van der Waals surface area contributed by atoms with Gasteiger partial charge in [0, 0.05) is 19.5 Å². The fourth-order valence-corrected chi connectivity index (χ4v) is 3.22. The van der Waals surface area contributed by atoms with Gasteiger partial charge in [0.1, 0.15) is 11.0 Å². The average molecular weight is 290 g/mol. The summed E-state index contributed by atoms with van der Waals surface area (Å²) < 4.78 is 25.2. The van der Waals surface area contributed by atoms with Crippen molar-refractivity contribution in [2.75, 3.05) is 6.26 Å². The van der Waals surface area contributed by atoms with E-state index in [9.17, 15) is 8.42 Å². The Kier molecular flexibility index (Phi) is 2.59. The van der Waals surface area contributed by atoms with Gasteiger partial charge in [-0.05, 0) is 25.5 Å². The normalized spacial score (nSPS) is 12.4. The van der Waals surface area contributed by atoms with E-state index in [0.717, 1.165) is 28.5 Å². The minimum Gasteiger partial charge on any atom is -0.318 e. The van der Waals surface area contributed by atoms with Crippen molar-refractivity contribution in [3.05, 3.63) is 23.5 Å². The number of aryl methyl sites for hydroxylation is 3. The second kappa shape index (κ2) is 3.99. The monoisotopic (exact) mass is 290 g/mol. The molecule has 1 aromatic carbocycles. The van der Waals surface area contributed by atoms with Crippen LogP contribution < -0.4 is 0 Å². The number of rotatable bonds is 1. The lowest BCUT2D eigenvalue weighted by Gasteiger charge is -2.04. The molecule has 0 aliphatic heterocycles. The fraction of sp³-hybridized carbons (Fsp3) is 0.308. The van der Waals surface area contributed by atoms with Crippen molar-refractivity contribution in [2.24, 2.45) is 7.05 Å². The van der Waals surface area contributed by atoms with Gasteiger partial charge in [0.05, 0.1) is 16.7 Å². The first-order chi connectivity index (χ1) is 9.29. The first-order valence-corrected chi connectivity index (χ1v) is 7.97. The molecule has 0 fully saturated rings. The Morgan fingerprint density at radius 3 is 2.45 bits per heavy atom. The SMILES string of the molecule is Cc1cnc2c(C)cc3c(nc(S(C)(=O)=O)n3C)c2n1. The Morgan fingerprint density at radius 2 is 1.80 bits per heavy atom. The van der Waals surface area contributed by atoms with Gasteiger partial charge in [0.25, 0.3) is 0 Å². The van der Waals surface area contributed by atoms with Crippen LogP contribution in [-0.2, 0) is 16.9 Å². The lowest BCUT2D eigenvalue weighted by atomic mass is 10.1. The van der Waals surface area contributed by atoms with Crippen LogP contribution in [-0.4, -0.2) is 34.2 Å². The highest BCUT2D eigenvalue weighted by Gasteiger charge is 2.20. The van der Waals surface area contributed by atoms with Crippen LogP contribution in [0.1, 0.15) is 11.3 Å². The van der Waals surface area contributed by atoms with Crippen molar-refractivity contribution >= 4 is 31.9 Å². The minimum atomic E-state index is -3.38. The maximum atomic E-state index is 11.8. The molecule has 3 aromatic rings. The van der Waals surface area contributed by atoms with Gasteiger partial charge in [-0.1, -0.05) is 0 Å². The second-order valence-electron chi connectivity index (χ2n) is 5.00. The van der Waals surface area contributed by atoms with Crippen molar-refractivity contribution in [1.29, 1.82) is 0 Å². The Morgan fingerprint density at radius 1 is 1.10 bits per heavy atom. The number of sulfone groups is 1. The molecule has 3 rings (SSSR count). The molecular weight excluding hydrogens is 276 g/mol. The van der Waals surface area contributed by atoms with Gasteiger partial charge in [0.2, 0.25) is 15.0 Å². The van der Waals surface area contributed by atoms with Gasteiger partial charge >= 0.3 is 0 Å². The summed E-state index contributed by atoms with van der Waals surface area (Å²) in [7, 11) is -1.69. The summed E-state index contributed by atoms with van der Waals surface area (Å²) in [6.07, 6.45) is 2.85. The van der Waals surface area contributed by atoms with Crippen LogP contribution in [0.5, 0.6) is 0 Å². The van der Waals surface area contributed by atoms with Gasteiger partial charge in [-0.15, -0.1) is 0 Å². The highest BCUT2D eigenvalue weighted by molar-refractivity contribution is 7.90. The zero-order valence-electron chi connectivity index (χ0n) is 11.7. The molecule has 104 valence electrons. The molecule has 20 heavy (non-hydrogen) atoms. The first kappa shape index (κ1) is 13.0. The van der Waals surface area contributed by atoms with Crippen LogP contribution in [0.15, 0.2) is 17.4 Å². The third kappa shape index (κ3) is 1.77. The van der Waals surface area contributed by atoms with Crippen molar-refractivity contribution < 1.29 is 8.42 Å². The third-order valence-electron chi connectivity index (χ3n) is 3.27. The second-order valence-corrected chi connectivity index (χ2v) is 6.90. The summed E-state index contributed by atoms with van der Waals surface area (Å²) >= 11 is 0. The molecule has 0 radical (unpaired) electrons. The van der Waals surface area contributed by atoms with Gasteiger partial charge in [0.15, 0.2) is 0 Å². The standard InChI is InChI=1S/C13H14N4O2S/c1-7-5-9-11(12-10(7)14-6-8(2)15-12)16-13(17(9)3)20(4,18)19/h5-6H,1-4H3. The van der Waals surface area contributed by atoms with E-state index in [2.05, 4.69) is 15.0 Å². The Hall–Kier alpha value is -2.02. The largest absolute Gasteiger partial charge is 0.318 e. The Bertz CT molecular complexity index is 958. The molecule has 0 aliphatic carbocycles. The van der Waals surface area contributed by atoms with Crippen LogP contribution in [0.3, 0.4) is 0 Å². The van der Waals surface area contributed by atoms with Crippen molar-refractivity contribution in [3.8, 4) is 0 Å². The number of imidazole rings is 1. The quantitative estimate of drug-likeness (QED) is 0.679. The number of hydrogen-bond acceptors (Lipinski definition) is 5. The molecule has 0 spiro atoms. The lowest BCUT2D eigenvalue weighted by Crippen LogP contribution is -2.05. The molecule has 0 saturated carbocycles. The summed E-state index contributed by atoms with van der Waals surface area (Å²) in [6.45, 7) is 3.78. The molecule has 0 saturated heterocycles. The number of nitrogens with zero attached hydrogens (tertiary/aromatic N) is 4. The number of aromatic nitrogens is 4. The van der Waals surface area contributed by atoms with Crippen molar-refractivity contribution in [3.63, 3.8) is 0 Å².